The van der Waals surface area contributed by atoms with Crippen LogP contribution in [0.4, 0.5) is 0 Å². The van der Waals surface area contributed by atoms with Crippen molar-refractivity contribution >= 4 is 28.7 Å². The summed E-state index contributed by atoms with van der Waals surface area (Å²) in [5.41, 5.74) is 1.63. The Bertz CT molecular complexity index is 876. The van der Waals surface area contributed by atoms with Crippen LogP contribution >= 0.6 is 0 Å². The molecule has 2 heterocycles. The number of likely N-dealkylation sites (tertiary alicyclic amines) is 1. The molecular weight excluding hydrogens is 348 g/mol. The van der Waals surface area contributed by atoms with Gasteiger partial charge in [0.05, 0.1) is 30.1 Å². The summed E-state index contributed by atoms with van der Waals surface area (Å²) >= 11 is 0. The standard InChI is InChI=1S/C19H24N4O4/c1-21(12-18(25)23-9-5-6-13(11-23)19(26)27)17(24)10-15-14-7-3-4-8-16(14)22(2)20-15/h3-4,7-8,13H,5-6,9-12H2,1-2H3,(H,26,27). The Morgan fingerprint density at radius 3 is 2.78 bits per heavy atom. The van der Waals surface area contributed by atoms with Crippen LogP contribution in [0.5, 0.6) is 0 Å². The number of hydrogen-bond donors (Lipinski definition) is 1. The Kier molecular flexibility index (Phi) is 5.43. The van der Waals surface area contributed by atoms with Gasteiger partial charge in [-0.05, 0) is 18.9 Å². The van der Waals surface area contributed by atoms with Crippen molar-refractivity contribution < 1.29 is 19.5 Å². The second-order valence-electron chi connectivity index (χ2n) is 7.03. The van der Waals surface area contributed by atoms with E-state index in [0.717, 1.165) is 10.9 Å². The summed E-state index contributed by atoms with van der Waals surface area (Å²) in [5.74, 6) is -1.82. The summed E-state index contributed by atoms with van der Waals surface area (Å²) in [6.07, 6.45) is 1.36. The van der Waals surface area contributed by atoms with Crippen LogP contribution in [0.1, 0.15) is 18.5 Å². The van der Waals surface area contributed by atoms with Crippen molar-refractivity contribution in [2.75, 3.05) is 26.7 Å². The number of aromatic nitrogens is 2. The minimum absolute atomic E-state index is 0.0596. The third kappa shape index (κ3) is 4.10. The SMILES string of the molecule is CN(CC(=O)N1CCCC(C(=O)O)C1)C(=O)Cc1nn(C)c2ccccc12. The predicted octanol–water partition coefficient (Wildman–Crippen LogP) is 0.897. The first kappa shape index (κ1) is 18.9. The van der Waals surface area contributed by atoms with E-state index in [1.807, 2.05) is 31.3 Å². The van der Waals surface area contributed by atoms with E-state index in [1.165, 1.54) is 4.90 Å². The zero-order chi connectivity index (χ0) is 19.6. The normalized spacial score (nSPS) is 17.1. The van der Waals surface area contributed by atoms with Crippen LogP contribution in [0.15, 0.2) is 24.3 Å². The Labute approximate surface area is 157 Å². The Balaban J connectivity index is 1.62. The van der Waals surface area contributed by atoms with Gasteiger partial charge < -0.3 is 14.9 Å². The van der Waals surface area contributed by atoms with Gasteiger partial charge >= 0.3 is 5.97 Å². The second kappa shape index (κ2) is 7.77. The third-order valence-corrected chi connectivity index (χ3v) is 5.07. The number of benzene rings is 1. The van der Waals surface area contributed by atoms with Gasteiger partial charge in [0.15, 0.2) is 0 Å². The van der Waals surface area contributed by atoms with Gasteiger partial charge in [0.25, 0.3) is 0 Å². The third-order valence-electron chi connectivity index (χ3n) is 5.07. The molecule has 0 bridgehead atoms. The average molecular weight is 372 g/mol. The molecule has 27 heavy (non-hydrogen) atoms. The number of piperidine rings is 1. The first-order valence-electron chi connectivity index (χ1n) is 9.02. The van der Waals surface area contributed by atoms with Crippen molar-refractivity contribution in [3.05, 3.63) is 30.0 Å². The molecule has 3 rings (SSSR count). The molecule has 0 radical (unpaired) electrons. The van der Waals surface area contributed by atoms with E-state index in [2.05, 4.69) is 5.10 Å². The van der Waals surface area contributed by atoms with Crippen LogP contribution in [0.3, 0.4) is 0 Å². The number of likely N-dealkylation sites (N-methyl/N-ethyl adjacent to an activating group) is 1. The summed E-state index contributed by atoms with van der Waals surface area (Å²) < 4.78 is 1.74. The lowest BCUT2D eigenvalue weighted by Crippen LogP contribution is -2.47. The highest BCUT2D eigenvalue weighted by Gasteiger charge is 2.29. The van der Waals surface area contributed by atoms with E-state index in [0.29, 0.717) is 25.1 Å². The van der Waals surface area contributed by atoms with E-state index < -0.39 is 11.9 Å². The molecule has 8 nitrogen and oxygen atoms in total. The number of para-hydroxylation sites is 1. The minimum Gasteiger partial charge on any atom is -0.481 e. The zero-order valence-electron chi connectivity index (χ0n) is 15.6. The fraction of sp³-hybridized carbons (Fsp3) is 0.474. The summed E-state index contributed by atoms with van der Waals surface area (Å²) in [6.45, 7) is 0.687. The molecule has 8 heteroatoms. The van der Waals surface area contributed by atoms with Crippen molar-refractivity contribution in [1.82, 2.24) is 19.6 Å². The largest absolute Gasteiger partial charge is 0.481 e. The van der Waals surface area contributed by atoms with Crippen LogP contribution in [0.2, 0.25) is 0 Å². The highest BCUT2D eigenvalue weighted by Crippen LogP contribution is 2.19. The Morgan fingerprint density at radius 1 is 1.30 bits per heavy atom. The van der Waals surface area contributed by atoms with Crippen LogP contribution in [-0.4, -0.2) is 69.2 Å². The monoisotopic (exact) mass is 372 g/mol. The Hall–Kier alpha value is -2.90. The number of rotatable bonds is 5. The maximum atomic E-state index is 12.6. The van der Waals surface area contributed by atoms with Crippen LogP contribution in [-0.2, 0) is 27.9 Å². The highest BCUT2D eigenvalue weighted by molar-refractivity contribution is 5.90. The molecule has 2 amide bonds. The molecular formula is C19H24N4O4. The topological polar surface area (TPSA) is 95.7 Å². The molecule has 1 fully saturated rings. The number of carboxylic acid groups (broad SMARTS) is 1. The summed E-state index contributed by atoms with van der Waals surface area (Å²) in [5, 5.41) is 14.5. The van der Waals surface area contributed by atoms with E-state index in [1.54, 1.807) is 16.6 Å². The van der Waals surface area contributed by atoms with Crippen molar-refractivity contribution in [2.45, 2.75) is 19.3 Å². The van der Waals surface area contributed by atoms with E-state index in [4.69, 9.17) is 5.11 Å². The first-order valence-corrected chi connectivity index (χ1v) is 9.02. The molecule has 1 aliphatic rings. The molecule has 144 valence electrons. The Morgan fingerprint density at radius 2 is 2.04 bits per heavy atom. The van der Waals surface area contributed by atoms with Crippen LogP contribution in [0, 0.1) is 5.92 Å². The molecule has 1 unspecified atom stereocenters. The van der Waals surface area contributed by atoms with Gasteiger partial charge in [0.2, 0.25) is 11.8 Å². The molecule has 1 N–H and O–H groups in total. The number of hydrogen-bond acceptors (Lipinski definition) is 4. The minimum atomic E-state index is -0.876. The molecule has 0 spiro atoms. The van der Waals surface area contributed by atoms with E-state index >= 15 is 0 Å². The smallest absolute Gasteiger partial charge is 0.308 e. The molecule has 1 saturated heterocycles. The fourth-order valence-electron chi connectivity index (χ4n) is 3.49. The van der Waals surface area contributed by atoms with Crippen molar-refractivity contribution in [3.8, 4) is 0 Å². The maximum absolute atomic E-state index is 12.6. The van der Waals surface area contributed by atoms with Gasteiger partial charge in [-0.15, -0.1) is 0 Å². The van der Waals surface area contributed by atoms with E-state index in [-0.39, 0.29) is 31.3 Å². The number of carbonyl (C=O) groups is 3. The lowest BCUT2D eigenvalue weighted by Gasteiger charge is -2.32. The van der Waals surface area contributed by atoms with Gasteiger partial charge in [0, 0.05) is 32.6 Å². The summed E-state index contributed by atoms with van der Waals surface area (Å²) in [7, 11) is 3.42. The van der Waals surface area contributed by atoms with Crippen molar-refractivity contribution in [1.29, 1.82) is 0 Å². The van der Waals surface area contributed by atoms with Gasteiger partial charge in [-0.3, -0.25) is 19.1 Å². The summed E-state index contributed by atoms with van der Waals surface area (Å²) in [6, 6.07) is 7.69. The lowest BCUT2D eigenvalue weighted by molar-refractivity contribution is -0.147. The molecule has 2 aromatic rings. The van der Waals surface area contributed by atoms with Gasteiger partial charge in [-0.25, -0.2) is 0 Å². The predicted molar refractivity (Wildman–Crippen MR) is 99.0 cm³/mol. The van der Waals surface area contributed by atoms with Gasteiger partial charge in [-0.1, -0.05) is 18.2 Å². The number of aryl methyl sites for hydroxylation is 1. The highest BCUT2D eigenvalue weighted by atomic mass is 16.4. The zero-order valence-corrected chi connectivity index (χ0v) is 15.6. The van der Waals surface area contributed by atoms with Crippen molar-refractivity contribution in [2.24, 2.45) is 13.0 Å². The molecule has 0 aliphatic carbocycles. The fourth-order valence-corrected chi connectivity index (χ4v) is 3.49. The second-order valence-corrected chi connectivity index (χ2v) is 7.03. The molecule has 1 aromatic heterocycles. The van der Waals surface area contributed by atoms with E-state index in [9.17, 15) is 14.4 Å². The first-order chi connectivity index (χ1) is 12.9. The van der Waals surface area contributed by atoms with Crippen LogP contribution < -0.4 is 0 Å². The quantitative estimate of drug-likeness (QED) is 0.841. The average Bonchev–Trinajstić information content (AvgIpc) is 2.97. The number of amides is 2. The van der Waals surface area contributed by atoms with Gasteiger partial charge in [0.1, 0.15) is 0 Å². The number of carbonyl (C=O) groups excluding carboxylic acids is 2. The molecule has 1 aromatic carbocycles. The number of nitrogens with zero attached hydrogens (tertiary/aromatic N) is 4. The van der Waals surface area contributed by atoms with Crippen LogP contribution in [0.25, 0.3) is 10.9 Å². The molecule has 1 aliphatic heterocycles. The maximum Gasteiger partial charge on any atom is 0.308 e. The lowest BCUT2D eigenvalue weighted by atomic mass is 9.98. The summed E-state index contributed by atoms with van der Waals surface area (Å²) in [4.78, 5) is 39.1. The molecule has 1 atom stereocenters. The van der Waals surface area contributed by atoms with Gasteiger partial charge in [-0.2, -0.15) is 5.10 Å². The van der Waals surface area contributed by atoms with Crippen molar-refractivity contribution in [3.63, 3.8) is 0 Å². The number of aliphatic carboxylic acids is 1. The number of fused-ring (bicyclic) bond motifs is 1. The molecule has 0 saturated carbocycles. The number of carboxylic acids is 1.